The van der Waals surface area contributed by atoms with E-state index in [9.17, 15) is 0 Å². The molecule has 0 aliphatic heterocycles. The van der Waals surface area contributed by atoms with Crippen LogP contribution in [-0.2, 0) is 0 Å². The van der Waals surface area contributed by atoms with E-state index in [4.69, 9.17) is 16.2 Å². The zero-order valence-corrected chi connectivity index (χ0v) is 7.84. The van der Waals surface area contributed by atoms with Crippen LogP contribution in [0.1, 0.15) is 5.56 Å². The predicted octanol–water partition coefficient (Wildman–Crippen LogP) is 0.302. The zero-order valence-electron chi connectivity index (χ0n) is 7.84. The first-order valence-electron chi connectivity index (χ1n) is 3.98. The molecule has 5 heteroatoms. The summed E-state index contributed by atoms with van der Waals surface area (Å²) in [6.07, 6.45) is 1.55. The first-order chi connectivity index (χ1) is 6.72. The first-order valence-corrected chi connectivity index (χ1v) is 3.98. The Labute approximate surface area is 82.1 Å². The summed E-state index contributed by atoms with van der Waals surface area (Å²) < 4.78 is 5.00. The molecule has 0 saturated heterocycles. The van der Waals surface area contributed by atoms with Crippen LogP contribution in [0.5, 0.6) is 5.75 Å². The van der Waals surface area contributed by atoms with E-state index in [2.05, 4.69) is 10.2 Å². The third-order valence-electron chi connectivity index (χ3n) is 1.50. The highest BCUT2D eigenvalue weighted by molar-refractivity contribution is 5.81. The van der Waals surface area contributed by atoms with Gasteiger partial charge in [-0.05, 0) is 29.8 Å². The molecule has 0 radical (unpaired) electrons. The summed E-state index contributed by atoms with van der Waals surface area (Å²) in [5, 5.41) is 7.14. The van der Waals surface area contributed by atoms with E-state index in [1.807, 2.05) is 24.3 Å². The lowest BCUT2D eigenvalue weighted by atomic mass is 10.2. The van der Waals surface area contributed by atoms with Crippen LogP contribution in [-0.4, -0.2) is 19.3 Å². The number of rotatable bonds is 3. The van der Waals surface area contributed by atoms with Crippen LogP contribution in [0.15, 0.2) is 34.5 Å². The zero-order chi connectivity index (χ0) is 10.4. The molecule has 74 valence electrons. The standard InChI is InChI=1S/C9H12N4O/c1-14-8-4-2-7(3-5-8)6-12-13-9(10)11/h2-6H,1H3,(H4,10,11,13)/b12-6+. The molecule has 0 atom stereocenters. The highest BCUT2D eigenvalue weighted by atomic mass is 16.5. The Bertz CT molecular complexity index is 338. The molecule has 1 aromatic carbocycles. The van der Waals surface area contributed by atoms with Crippen LogP contribution < -0.4 is 16.2 Å². The molecule has 0 bridgehead atoms. The molecule has 1 rings (SSSR count). The first kappa shape index (κ1) is 10.0. The molecule has 4 N–H and O–H groups in total. The Balaban J connectivity index is 2.69. The third-order valence-corrected chi connectivity index (χ3v) is 1.50. The van der Waals surface area contributed by atoms with Gasteiger partial charge in [-0.3, -0.25) is 0 Å². The molecule has 0 unspecified atom stereocenters. The van der Waals surface area contributed by atoms with Gasteiger partial charge in [0.25, 0.3) is 0 Å². The van der Waals surface area contributed by atoms with Crippen molar-refractivity contribution in [2.24, 2.45) is 21.7 Å². The lowest BCUT2D eigenvalue weighted by Gasteiger charge is -1.97. The van der Waals surface area contributed by atoms with Crippen molar-refractivity contribution in [3.63, 3.8) is 0 Å². The van der Waals surface area contributed by atoms with Gasteiger partial charge in [-0.25, -0.2) is 0 Å². The Morgan fingerprint density at radius 2 is 1.93 bits per heavy atom. The monoisotopic (exact) mass is 192 g/mol. The predicted molar refractivity (Wildman–Crippen MR) is 56.4 cm³/mol. The van der Waals surface area contributed by atoms with Crippen LogP contribution in [0.25, 0.3) is 0 Å². The lowest BCUT2D eigenvalue weighted by molar-refractivity contribution is 0.415. The normalized spacial score (nSPS) is 10.1. The van der Waals surface area contributed by atoms with Crippen molar-refractivity contribution in [3.05, 3.63) is 29.8 Å². The van der Waals surface area contributed by atoms with Gasteiger partial charge in [-0.2, -0.15) is 5.10 Å². The van der Waals surface area contributed by atoms with Gasteiger partial charge < -0.3 is 16.2 Å². The molecule has 0 aliphatic rings. The van der Waals surface area contributed by atoms with E-state index in [0.29, 0.717) is 0 Å². The molecule has 0 amide bonds. The fourth-order valence-corrected chi connectivity index (χ4v) is 0.852. The summed E-state index contributed by atoms with van der Waals surface area (Å²) in [6, 6.07) is 7.36. The SMILES string of the molecule is COc1ccc(/C=N/N=C(N)N)cc1. The smallest absolute Gasteiger partial charge is 0.211 e. The topological polar surface area (TPSA) is 86.0 Å². The number of hydrogen-bond donors (Lipinski definition) is 2. The fraction of sp³-hybridized carbons (Fsp3) is 0.111. The van der Waals surface area contributed by atoms with Gasteiger partial charge in [0.2, 0.25) is 5.96 Å². The lowest BCUT2D eigenvalue weighted by Crippen LogP contribution is -2.21. The minimum Gasteiger partial charge on any atom is -0.497 e. The van der Waals surface area contributed by atoms with Crippen molar-refractivity contribution in [2.75, 3.05) is 7.11 Å². The van der Waals surface area contributed by atoms with Gasteiger partial charge in [0, 0.05) is 0 Å². The average molecular weight is 192 g/mol. The van der Waals surface area contributed by atoms with E-state index in [1.165, 1.54) is 0 Å². The third kappa shape index (κ3) is 3.14. The van der Waals surface area contributed by atoms with Crippen molar-refractivity contribution in [3.8, 4) is 5.75 Å². The molecule has 0 spiro atoms. The molecule has 0 heterocycles. The van der Waals surface area contributed by atoms with Crippen molar-refractivity contribution >= 4 is 12.2 Å². The van der Waals surface area contributed by atoms with Crippen molar-refractivity contribution in [2.45, 2.75) is 0 Å². The van der Waals surface area contributed by atoms with Crippen molar-refractivity contribution in [1.82, 2.24) is 0 Å². The number of nitrogens with two attached hydrogens (primary N) is 2. The van der Waals surface area contributed by atoms with Crippen LogP contribution in [0.2, 0.25) is 0 Å². The van der Waals surface area contributed by atoms with Gasteiger partial charge in [0.05, 0.1) is 13.3 Å². The highest BCUT2D eigenvalue weighted by Crippen LogP contribution is 2.09. The summed E-state index contributed by atoms with van der Waals surface area (Å²) in [5.41, 5.74) is 11.1. The minimum atomic E-state index is -0.0604. The maximum atomic E-state index is 5.10. The van der Waals surface area contributed by atoms with Crippen molar-refractivity contribution < 1.29 is 4.74 Å². The molecule has 5 nitrogen and oxygen atoms in total. The van der Waals surface area contributed by atoms with Crippen LogP contribution in [0.4, 0.5) is 0 Å². The highest BCUT2D eigenvalue weighted by Gasteiger charge is 1.89. The molecular weight excluding hydrogens is 180 g/mol. The van der Waals surface area contributed by atoms with Crippen LogP contribution in [0.3, 0.4) is 0 Å². The molecule has 0 fully saturated rings. The van der Waals surface area contributed by atoms with Gasteiger partial charge in [-0.15, -0.1) is 5.10 Å². The van der Waals surface area contributed by atoms with E-state index in [1.54, 1.807) is 13.3 Å². The van der Waals surface area contributed by atoms with E-state index in [0.717, 1.165) is 11.3 Å². The maximum Gasteiger partial charge on any atom is 0.211 e. The second-order valence-electron chi connectivity index (χ2n) is 2.54. The summed E-state index contributed by atoms with van der Waals surface area (Å²) in [6.45, 7) is 0. The largest absolute Gasteiger partial charge is 0.497 e. The summed E-state index contributed by atoms with van der Waals surface area (Å²) in [4.78, 5) is 0. The molecule has 0 aliphatic carbocycles. The Morgan fingerprint density at radius 3 is 2.43 bits per heavy atom. The summed E-state index contributed by atoms with van der Waals surface area (Å²) in [5.74, 6) is 0.735. The molecule has 0 aromatic heterocycles. The quantitative estimate of drug-likeness (QED) is 0.410. The number of benzene rings is 1. The van der Waals surface area contributed by atoms with E-state index < -0.39 is 0 Å². The summed E-state index contributed by atoms with van der Waals surface area (Å²) >= 11 is 0. The average Bonchev–Trinajstić information content (AvgIpc) is 2.18. The minimum absolute atomic E-state index is 0.0604. The van der Waals surface area contributed by atoms with Gasteiger partial charge in [0.1, 0.15) is 5.75 Å². The van der Waals surface area contributed by atoms with Gasteiger partial charge in [0.15, 0.2) is 0 Å². The number of guanidine groups is 1. The fourth-order valence-electron chi connectivity index (χ4n) is 0.852. The Kier molecular flexibility index (Phi) is 3.49. The number of hydrogen-bond acceptors (Lipinski definition) is 3. The van der Waals surface area contributed by atoms with E-state index >= 15 is 0 Å². The Hall–Kier alpha value is -2.04. The molecule has 14 heavy (non-hydrogen) atoms. The van der Waals surface area contributed by atoms with Gasteiger partial charge >= 0.3 is 0 Å². The number of methoxy groups -OCH3 is 1. The van der Waals surface area contributed by atoms with Crippen LogP contribution >= 0.6 is 0 Å². The van der Waals surface area contributed by atoms with Crippen molar-refractivity contribution in [1.29, 1.82) is 0 Å². The molecular formula is C9H12N4O. The Morgan fingerprint density at radius 1 is 1.29 bits per heavy atom. The number of nitrogens with zero attached hydrogens (tertiary/aromatic N) is 2. The second kappa shape index (κ2) is 4.86. The van der Waals surface area contributed by atoms with Gasteiger partial charge in [-0.1, -0.05) is 0 Å². The summed E-state index contributed by atoms with van der Waals surface area (Å²) in [7, 11) is 1.61. The second-order valence-corrected chi connectivity index (χ2v) is 2.54. The van der Waals surface area contributed by atoms with E-state index in [-0.39, 0.29) is 5.96 Å². The molecule has 0 saturated carbocycles. The maximum absolute atomic E-state index is 5.10. The molecule has 1 aromatic rings. The van der Waals surface area contributed by atoms with Crippen LogP contribution in [0, 0.1) is 0 Å². The number of ether oxygens (including phenoxy) is 1.